The van der Waals surface area contributed by atoms with Gasteiger partial charge in [0.05, 0.1) is 0 Å². The number of aryl methyl sites for hydroxylation is 1. The van der Waals surface area contributed by atoms with E-state index in [0.717, 1.165) is 20.8 Å². The van der Waals surface area contributed by atoms with E-state index >= 15 is 0 Å². The number of carbonyl (C=O) groups excluding carboxylic acids is 4. The monoisotopic (exact) mass is 481 g/mol. The summed E-state index contributed by atoms with van der Waals surface area (Å²) in [6, 6.07) is 0. The molecule has 1 saturated heterocycles. The van der Waals surface area contributed by atoms with Crippen LogP contribution < -0.4 is 5.56 Å². The Hall–Kier alpha value is -3.88. The largest absolute Gasteiger partial charge is 0.463 e. The van der Waals surface area contributed by atoms with Gasteiger partial charge < -0.3 is 23.7 Å². The maximum atomic E-state index is 12.2. The second kappa shape index (κ2) is 9.94. The Bertz CT molecular complexity index is 1170. The van der Waals surface area contributed by atoms with Crippen LogP contribution in [0.2, 0.25) is 0 Å². The fourth-order valence-corrected chi connectivity index (χ4v) is 3.67. The van der Waals surface area contributed by atoms with Gasteiger partial charge in [-0.2, -0.15) is 0 Å². The van der Waals surface area contributed by atoms with Crippen molar-refractivity contribution < 1.29 is 42.9 Å². The van der Waals surface area contributed by atoms with E-state index in [9.17, 15) is 24.0 Å². The minimum absolute atomic E-state index is 0.0119. The SMILES string of the molecule is CC(=O)OC[C@H]1O[C@@H](n2c(C)nc3c(=O)[nH]nnc32)[C@H](OC(C)=O)[C@@H](OC(C)=O)[C@@H]1OC(C)=O. The average Bonchev–Trinajstić information content (AvgIpc) is 3.06. The highest BCUT2D eigenvalue weighted by atomic mass is 16.7. The predicted molar refractivity (Wildman–Crippen MR) is 108 cm³/mol. The zero-order chi connectivity index (χ0) is 25.2. The summed E-state index contributed by atoms with van der Waals surface area (Å²) in [5, 5.41) is 9.60. The molecule has 5 atom stereocenters. The molecular formula is C19H23N5O10. The Morgan fingerprint density at radius 2 is 1.53 bits per heavy atom. The summed E-state index contributed by atoms with van der Waals surface area (Å²) in [5.41, 5.74) is -0.708. The van der Waals surface area contributed by atoms with Crippen molar-refractivity contribution in [1.29, 1.82) is 0 Å². The molecule has 0 unspecified atom stereocenters. The molecule has 184 valence electrons. The Labute approximate surface area is 191 Å². The van der Waals surface area contributed by atoms with Gasteiger partial charge in [-0.15, -0.1) is 5.10 Å². The summed E-state index contributed by atoms with van der Waals surface area (Å²) in [6.07, 6.45) is -6.53. The molecule has 0 spiro atoms. The summed E-state index contributed by atoms with van der Waals surface area (Å²) in [4.78, 5) is 63.5. The van der Waals surface area contributed by atoms with Gasteiger partial charge in [0.25, 0.3) is 5.56 Å². The lowest BCUT2D eigenvalue weighted by Crippen LogP contribution is -2.60. The minimum Gasteiger partial charge on any atom is -0.463 e. The van der Waals surface area contributed by atoms with Crippen molar-refractivity contribution in [3.8, 4) is 0 Å². The molecule has 1 aliphatic heterocycles. The van der Waals surface area contributed by atoms with E-state index in [-0.39, 0.29) is 17.0 Å². The quantitative estimate of drug-likeness (QED) is 0.394. The molecule has 3 heterocycles. The van der Waals surface area contributed by atoms with Crippen LogP contribution in [0.15, 0.2) is 4.79 Å². The number of nitrogens with zero attached hydrogens (tertiary/aromatic N) is 4. The van der Waals surface area contributed by atoms with Gasteiger partial charge in [0.15, 0.2) is 35.7 Å². The Morgan fingerprint density at radius 1 is 0.941 bits per heavy atom. The summed E-state index contributed by atoms with van der Waals surface area (Å²) < 4.78 is 28.6. The highest BCUT2D eigenvalue weighted by Gasteiger charge is 2.53. The molecule has 1 aliphatic rings. The van der Waals surface area contributed by atoms with Gasteiger partial charge in [-0.25, -0.2) is 10.1 Å². The van der Waals surface area contributed by atoms with E-state index in [0.29, 0.717) is 0 Å². The highest BCUT2D eigenvalue weighted by molar-refractivity contribution is 5.70. The second-order valence-corrected chi connectivity index (χ2v) is 7.43. The Balaban J connectivity index is 2.19. The summed E-state index contributed by atoms with van der Waals surface area (Å²) >= 11 is 0. The molecule has 3 rings (SSSR count). The number of hydrogen-bond donors (Lipinski definition) is 1. The smallest absolute Gasteiger partial charge is 0.303 e. The van der Waals surface area contributed by atoms with Crippen molar-refractivity contribution >= 4 is 35.0 Å². The highest BCUT2D eigenvalue weighted by Crippen LogP contribution is 2.36. The lowest BCUT2D eigenvalue weighted by atomic mass is 9.97. The molecule has 0 aromatic carbocycles. The van der Waals surface area contributed by atoms with Gasteiger partial charge in [0.2, 0.25) is 0 Å². The zero-order valence-electron chi connectivity index (χ0n) is 19.0. The molecule has 34 heavy (non-hydrogen) atoms. The third-order valence-electron chi connectivity index (χ3n) is 4.79. The maximum Gasteiger partial charge on any atom is 0.303 e. The number of nitrogens with one attached hydrogen (secondary N) is 1. The lowest BCUT2D eigenvalue weighted by molar-refractivity contribution is -0.268. The minimum atomic E-state index is -1.38. The summed E-state index contributed by atoms with van der Waals surface area (Å²) in [6.45, 7) is 5.67. The van der Waals surface area contributed by atoms with Crippen molar-refractivity contribution in [1.82, 2.24) is 25.0 Å². The number of ether oxygens (including phenoxy) is 5. The molecular weight excluding hydrogens is 458 g/mol. The normalized spacial score (nSPS) is 24.3. The first-order valence-corrected chi connectivity index (χ1v) is 10.1. The molecule has 1 fully saturated rings. The van der Waals surface area contributed by atoms with E-state index < -0.39 is 66.7 Å². The number of H-pyrrole nitrogens is 1. The molecule has 1 N–H and O–H groups in total. The van der Waals surface area contributed by atoms with Crippen LogP contribution in [-0.4, -0.2) is 79.9 Å². The van der Waals surface area contributed by atoms with Crippen molar-refractivity contribution in [3.05, 3.63) is 16.2 Å². The molecule has 2 aromatic heterocycles. The molecule has 15 nitrogen and oxygen atoms in total. The third-order valence-corrected chi connectivity index (χ3v) is 4.79. The van der Waals surface area contributed by atoms with Crippen LogP contribution in [0.4, 0.5) is 0 Å². The summed E-state index contributed by atoms with van der Waals surface area (Å²) in [7, 11) is 0. The fraction of sp³-hybridized carbons (Fsp3) is 0.579. The number of rotatable bonds is 6. The molecule has 2 aromatic rings. The number of fused-ring (bicyclic) bond motifs is 1. The van der Waals surface area contributed by atoms with Gasteiger partial charge in [0, 0.05) is 27.7 Å². The van der Waals surface area contributed by atoms with Crippen LogP contribution in [0, 0.1) is 6.92 Å². The Morgan fingerprint density at radius 3 is 2.12 bits per heavy atom. The van der Waals surface area contributed by atoms with Crippen LogP contribution in [0.5, 0.6) is 0 Å². The topological polar surface area (TPSA) is 191 Å². The van der Waals surface area contributed by atoms with Gasteiger partial charge >= 0.3 is 23.9 Å². The van der Waals surface area contributed by atoms with Crippen LogP contribution >= 0.6 is 0 Å². The van der Waals surface area contributed by atoms with E-state index in [1.165, 1.54) is 18.4 Å². The number of aromatic nitrogens is 5. The molecule has 0 aliphatic carbocycles. The number of imidazole rings is 1. The number of esters is 4. The van der Waals surface area contributed by atoms with Crippen molar-refractivity contribution in [3.63, 3.8) is 0 Å². The lowest BCUT2D eigenvalue weighted by Gasteiger charge is -2.44. The van der Waals surface area contributed by atoms with Crippen LogP contribution in [0.3, 0.4) is 0 Å². The first-order chi connectivity index (χ1) is 16.0. The van der Waals surface area contributed by atoms with Crippen molar-refractivity contribution in [2.75, 3.05) is 6.61 Å². The van der Waals surface area contributed by atoms with Crippen LogP contribution in [0.25, 0.3) is 11.2 Å². The van der Waals surface area contributed by atoms with Gasteiger partial charge in [-0.1, -0.05) is 5.21 Å². The fourth-order valence-electron chi connectivity index (χ4n) is 3.67. The van der Waals surface area contributed by atoms with Gasteiger partial charge in [0.1, 0.15) is 18.5 Å². The van der Waals surface area contributed by atoms with E-state index in [2.05, 4.69) is 20.4 Å². The summed E-state index contributed by atoms with van der Waals surface area (Å²) in [5.74, 6) is -2.70. The first-order valence-electron chi connectivity index (χ1n) is 10.1. The van der Waals surface area contributed by atoms with Gasteiger partial charge in [-0.3, -0.25) is 28.5 Å². The average molecular weight is 481 g/mol. The zero-order valence-corrected chi connectivity index (χ0v) is 19.0. The Kier molecular flexibility index (Phi) is 7.24. The van der Waals surface area contributed by atoms with Crippen molar-refractivity contribution in [2.45, 2.75) is 65.3 Å². The third kappa shape index (κ3) is 5.19. The van der Waals surface area contributed by atoms with Gasteiger partial charge in [-0.05, 0) is 6.92 Å². The molecule has 15 heteroatoms. The number of carbonyl (C=O) groups is 4. The van der Waals surface area contributed by atoms with E-state index in [4.69, 9.17) is 23.7 Å². The standard InChI is InChI=1S/C19H23N5O10/c1-7-20-13-17(21-23-22-18(13)29)24(7)19-16(33-11(5)28)15(32-10(4)27)14(31-9(3)26)12(34-19)6-30-8(2)25/h12,14-16,19H,6H2,1-5H3,(H,21,22,29)/t12-,14-,15+,16-,19-/m1/s1. The second-order valence-electron chi connectivity index (χ2n) is 7.43. The van der Waals surface area contributed by atoms with Crippen LogP contribution in [-0.2, 0) is 42.9 Å². The van der Waals surface area contributed by atoms with Crippen molar-refractivity contribution in [2.24, 2.45) is 0 Å². The maximum absolute atomic E-state index is 12.2. The molecule has 0 radical (unpaired) electrons. The predicted octanol–water partition coefficient (Wildman–Crippen LogP) is -0.921. The first kappa shape index (κ1) is 24.8. The molecule has 0 saturated carbocycles. The number of hydrogen-bond acceptors (Lipinski definition) is 13. The molecule has 0 bridgehead atoms. The van der Waals surface area contributed by atoms with E-state index in [1.807, 2.05) is 0 Å². The molecule has 0 amide bonds. The number of aromatic amines is 1. The van der Waals surface area contributed by atoms with Crippen LogP contribution in [0.1, 0.15) is 39.7 Å². The van der Waals surface area contributed by atoms with E-state index in [1.54, 1.807) is 0 Å².